The molecule has 0 aromatic heterocycles. The number of aliphatic hydroxyl groups excluding tert-OH is 1. The second-order valence-electron chi connectivity index (χ2n) is 5.25. The van der Waals surface area contributed by atoms with Crippen molar-refractivity contribution in [1.82, 2.24) is 4.90 Å². The Morgan fingerprint density at radius 1 is 1.41 bits per heavy atom. The molecule has 5 heteroatoms. The predicted octanol–water partition coefficient (Wildman–Crippen LogP) is 1.05. The van der Waals surface area contributed by atoms with Crippen LogP contribution in [0.1, 0.15) is 39.0 Å². The molecular weight excluding hydrogens is 238 g/mol. The molecule has 0 amide bonds. The van der Waals surface area contributed by atoms with Crippen LogP contribution in [0.2, 0.25) is 0 Å². The Labute approximate surface area is 105 Å². The molecule has 0 bridgehead atoms. The van der Waals surface area contributed by atoms with Gasteiger partial charge in [0.15, 0.2) is 0 Å². The molecule has 1 saturated heterocycles. The van der Waals surface area contributed by atoms with Gasteiger partial charge in [0.2, 0.25) is 0 Å². The van der Waals surface area contributed by atoms with Crippen molar-refractivity contribution in [1.29, 1.82) is 0 Å². The first-order chi connectivity index (χ1) is 7.88. The highest BCUT2D eigenvalue weighted by Crippen LogP contribution is 2.21. The van der Waals surface area contributed by atoms with Gasteiger partial charge in [-0.05, 0) is 45.7 Å². The third kappa shape index (κ3) is 6.38. The lowest BCUT2D eigenvalue weighted by molar-refractivity contribution is 0.0871. The summed E-state index contributed by atoms with van der Waals surface area (Å²) in [5.41, 5.74) is 0. The number of likely N-dealkylation sites (tertiary alicyclic amines) is 1. The van der Waals surface area contributed by atoms with Gasteiger partial charge in [-0.25, -0.2) is 8.42 Å². The van der Waals surface area contributed by atoms with Gasteiger partial charge in [-0.15, -0.1) is 0 Å². The van der Waals surface area contributed by atoms with E-state index >= 15 is 0 Å². The Hall–Kier alpha value is -0.130. The van der Waals surface area contributed by atoms with E-state index in [0.717, 1.165) is 25.9 Å². The monoisotopic (exact) mass is 263 g/mol. The summed E-state index contributed by atoms with van der Waals surface area (Å²) in [6.07, 6.45) is 6.07. The predicted molar refractivity (Wildman–Crippen MR) is 69.8 cm³/mol. The van der Waals surface area contributed by atoms with Crippen LogP contribution in [0.15, 0.2) is 0 Å². The first kappa shape index (κ1) is 14.9. The molecule has 0 spiro atoms. The first-order valence-electron chi connectivity index (χ1n) is 6.48. The lowest BCUT2D eigenvalue weighted by Gasteiger charge is -2.36. The summed E-state index contributed by atoms with van der Waals surface area (Å²) in [5, 5.41) is 9.45. The van der Waals surface area contributed by atoms with E-state index in [1.165, 1.54) is 19.1 Å². The summed E-state index contributed by atoms with van der Waals surface area (Å²) in [6.45, 7) is 3.70. The van der Waals surface area contributed by atoms with Gasteiger partial charge in [0.1, 0.15) is 9.84 Å². The molecule has 4 nitrogen and oxygen atoms in total. The van der Waals surface area contributed by atoms with Gasteiger partial charge in [-0.1, -0.05) is 6.42 Å². The molecule has 0 aliphatic carbocycles. The van der Waals surface area contributed by atoms with Crippen molar-refractivity contribution < 1.29 is 13.5 Å². The highest BCUT2D eigenvalue weighted by atomic mass is 32.2. The summed E-state index contributed by atoms with van der Waals surface area (Å²) < 4.78 is 22.1. The maximum Gasteiger partial charge on any atom is 0.147 e. The number of hydrogen-bond acceptors (Lipinski definition) is 4. The van der Waals surface area contributed by atoms with Gasteiger partial charge < -0.3 is 10.0 Å². The summed E-state index contributed by atoms with van der Waals surface area (Å²) >= 11 is 0. The van der Waals surface area contributed by atoms with Crippen molar-refractivity contribution >= 4 is 9.84 Å². The van der Waals surface area contributed by atoms with Gasteiger partial charge in [-0.3, -0.25) is 0 Å². The van der Waals surface area contributed by atoms with Gasteiger partial charge in [0.25, 0.3) is 0 Å². The van der Waals surface area contributed by atoms with Crippen LogP contribution in [0.3, 0.4) is 0 Å². The maximum atomic E-state index is 11.1. The molecule has 1 fully saturated rings. The first-order valence-corrected chi connectivity index (χ1v) is 8.54. The number of nitrogens with zero attached hydrogens (tertiary/aromatic N) is 1. The van der Waals surface area contributed by atoms with Gasteiger partial charge >= 0.3 is 0 Å². The second-order valence-corrected chi connectivity index (χ2v) is 7.51. The molecule has 0 radical (unpaired) electrons. The van der Waals surface area contributed by atoms with Crippen LogP contribution in [-0.4, -0.2) is 55.7 Å². The van der Waals surface area contributed by atoms with Crippen LogP contribution in [0, 0.1) is 0 Å². The van der Waals surface area contributed by atoms with E-state index < -0.39 is 9.84 Å². The topological polar surface area (TPSA) is 57.6 Å². The molecule has 1 N–H and O–H groups in total. The Kier molecular flexibility index (Phi) is 5.89. The van der Waals surface area contributed by atoms with Gasteiger partial charge in [0.05, 0.1) is 11.9 Å². The zero-order valence-corrected chi connectivity index (χ0v) is 11.7. The minimum absolute atomic E-state index is 0.268. The number of rotatable bonds is 6. The molecule has 1 aliphatic rings. The number of piperidine rings is 1. The van der Waals surface area contributed by atoms with Crippen molar-refractivity contribution in [2.45, 2.75) is 51.2 Å². The number of sulfone groups is 1. The lowest BCUT2D eigenvalue weighted by Crippen LogP contribution is -2.42. The largest absolute Gasteiger partial charge is 0.393 e. The van der Waals surface area contributed by atoms with Crippen LogP contribution in [-0.2, 0) is 9.84 Å². The van der Waals surface area contributed by atoms with Crippen LogP contribution in [0.5, 0.6) is 0 Å². The van der Waals surface area contributed by atoms with Crippen LogP contribution in [0.4, 0.5) is 0 Å². The normalized spacial score (nSPS) is 24.8. The quantitative estimate of drug-likeness (QED) is 0.778. The number of hydrogen-bond donors (Lipinski definition) is 1. The minimum atomic E-state index is -2.84. The highest BCUT2D eigenvalue weighted by Gasteiger charge is 2.23. The van der Waals surface area contributed by atoms with Crippen molar-refractivity contribution in [3.8, 4) is 0 Å². The minimum Gasteiger partial charge on any atom is -0.393 e. The highest BCUT2D eigenvalue weighted by molar-refractivity contribution is 7.90. The van der Waals surface area contributed by atoms with Crippen LogP contribution < -0.4 is 0 Å². The molecule has 1 rings (SSSR count). The molecule has 0 aromatic rings. The molecule has 1 heterocycles. The Bertz CT molecular complexity index is 314. The zero-order valence-electron chi connectivity index (χ0n) is 10.9. The smallest absolute Gasteiger partial charge is 0.147 e. The fourth-order valence-electron chi connectivity index (χ4n) is 2.54. The third-order valence-electron chi connectivity index (χ3n) is 3.32. The Balaban J connectivity index is 2.37. The second kappa shape index (κ2) is 6.71. The average Bonchev–Trinajstić information content (AvgIpc) is 2.18. The maximum absolute atomic E-state index is 11.1. The Morgan fingerprint density at radius 2 is 2.12 bits per heavy atom. The summed E-state index contributed by atoms with van der Waals surface area (Å²) in [7, 11) is -2.84. The molecule has 2 unspecified atom stereocenters. The van der Waals surface area contributed by atoms with Crippen molar-refractivity contribution in [2.75, 3.05) is 25.1 Å². The third-order valence-corrected chi connectivity index (χ3v) is 4.35. The molecule has 0 saturated carbocycles. The summed E-state index contributed by atoms with van der Waals surface area (Å²) in [6, 6.07) is 0.434. The molecule has 2 atom stereocenters. The molecule has 0 aromatic carbocycles. The van der Waals surface area contributed by atoms with Crippen LogP contribution >= 0.6 is 0 Å². The fraction of sp³-hybridized carbons (Fsp3) is 1.00. The summed E-state index contributed by atoms with van der Waals surface area (Å²) in [4.78, 5) is 2.35. The standard InChI is InChI=1S/C12H25NO3S/c1-11(14)10-12-6-3-4-7-13(12)8-5-9-17(2,15)16/h11-12,14H,3-10H2,1-2H3. The lowest BCUT2D eigenvalue weighted by atomic mass is 9.97. The molecule has 102 valence electrons. The zero-order chi connectivity index (χ0) is 12.9. The Morgan fingerprint density at radius 3 is 2.71 bits per heavy atom. The van der Waals surface area contributed by atoms with Gasteiger partial charge in [-0.2, -0.15) is 0 Å². The number of aliphatic hydroxyl groups is 1. The van der Waals surface area contributed by atoms with Crippen molar-refractivity contribution in [2.24, 2.45) is 0 Å². The SMILES string of the molecule is CC(O)CC1CCCCN1CCCS(C)(=O)=O. The molecule has 1 aliphatic heterocycles. The van der Waals surface area contributed by atoms with E-state index in [-0.39, 0.29) is 11.9 Å². The van der Waals surface area contributed by atoms with Crippen molar-refractivity contribution in [3.63, 3.8) is 0 Å². The van der Waals surface area contributed by atoms with E-state index in [2.05, 4.69) is 4.90 Å². The fourth-order valence-corrected chi connectivity index (χ4v) is 3.20. The van der Waals surface area contributed by atoms with E-state index in [1.54, 1.807) is 0 Å². The van der Waals surface area contributed by atoms with E-state index in [4.69, 9.17) is 0 Å². The molecule has 17 heavy (non-hydrogen) atoms. The molecular formula is C12H25NO3S. The van der Waals surface area contributed by atoms with E-state index in [1.807, 2.05) is 6.92 Å². The van der Waals surface area contributed by atoms with Crippen LogP contribution in [0.25, 0.3) is 0 Å². The summed E-state index contributed by atoms with van der Waals surface area (Å²) in [5.74, 6) is 0.269. The average molecular weight is 263 g/mol. The van der Waals surface area contributed by atoms with E-state index in [0.29, 0.717) is 12.5 Å². The van der Waals surface area contributed by atoms with Gasteiger partial charge in [0, 0.05) is 12.3 Å². The van der Waals surface area contributed by atoms with Crippen molar-refractivity contribution in [3.05, 3.63) is 0 Å². The van der Waals surface area contributed by atoms with E-state index in [9.17, 15) is 13.5 Å².